The topological polar surface area (TPSA) is 18.5 Å². The number of hydrogen-bond donors (Lipinski definition) is 0. The smallest absolute Gasteiger partial charge is 0.168 e. The lowest BCUT2D eigenvalue weighted by atomic mass is 9.84. The van der Waals surface area contributed by atoms with Gasteiger partial charge in [0.2, 0.25) is 0 Å². The van der Waals surface area contributed by atoms with Gasteiger partial charge in [0.1, 0.15) is 0 Å². The molecular formula is C22H26F2O2. The summed E-state index contributed by atoms with van der Waals surface area (Å²) in [6, 6.07) is 6.99. The molecule has 0 saturated heterocycles. The molecular weight excluding hydrogens is 334 g/mol. The van der Waals surface area contributed by atoms with E-state index in [1.807, 2.05) is 12.1 Å². The fourth-order valence-electron chi connectivity index (χ4n) is 3.32. The van der Waals surface area contributed by atoms with Crippen LogP contribution in [0.15, 0.2) is 24.3 Å². The Hall–Kier alpha value is -2.10. The normalized spacial score (nSPS) is 12.5. The number of hydrogen-bond acceptors (Lipinski definition) is 2. The van der Waals surface area contributed by atoms with Gasteiger partial charge in [-0.2, -0.15) is 0 Å². The van der Waals surface area contributed by atoms with Gasteiger partial charge in [-0.25, -0.2) is 8.78 Å². The summed E-state index contributed by atoms with van der Waals surface area (Å²) in [5.74, 6) is -0.0397. The Morgan fingerprint density at radius 2 is 1.15 bits per heavy atom. The molecule has 0 unspecified atom stereocenters. The first kappa shape index (κ1) is 18.7. The zero-order chi connectivity index (χ0) is 18.5. The van der Waals surface area contributed by atoms with E-state index in [1.165, 1.54) is 0 Å². The van der Waals surface area contributed by atoms with Gasteiger partial charge in [-0.1, -0.05) is 38.8 Å². The number of unbranched alkanes of at least 4 members (excludes halogenated alkanes) is 2. The highest BCUT2D eigenvalue weighted by molar-refractivity contribution is 5.75. The molecule has 140 valence electrons. The van der Waals surface area contributed by atoms with E-state index in [0.29, 0.717) is 48.7 Å². The van der Waals surface area contributed by atoms with Crippen LogP contribution in [0, 0.1) is 11.6 Å². The minimum Gasteiger partial charge on any atom is -0.491 e. The third-order valence-corrected chi connectivity index (χ3v) is 4.84. The standard InChI is InChI=1S/C22H26F2O2/c1-3-5-13-25-19-11-9-15-16-10-12-20(26-14-6-4-2)22(24)18(16)8-7-17(15)21(19)23/h9-12H,3-8,13-14H2,1-2H3. The van der Waals surface area contributed by atoms with Crippen LogP contribution >= 0.6 is 0 Å². The Kier molecular flexibility index (Phi) is 6.12. The molecule has 0 saturated carbocycles. The second-order valence-corrected chi connectivity index (χ2v) is 6.71. The maximum atomic E-state index is 14.8. The summed E-state index contributed by atoms with van der Waals surface area (Å²) in [6.07, 6.45) is 4.73. The molecule has 2 aromatic rings. The van der Waals surface area contributed by atoms with Crippen molar-refractivity contribution in [2.24, 2.45) is 0 Å². The Morgan fingerprint density at radius 3 is 1.54 bits per heavy atom. The highest BCUT2D eigenvalue weighted by Gasteiger charge is 2.25. The van der Waals surface area contributed by atoms with Crippen LogP contribution in [0.1, 0.15) is 50.7 Å². The molecule has 0 fully saturated rings. The summed E-state index contributed by atoms with van der Waals surface area (Å²) in [7, 11) is 0. The fraction of sp³-hybridized carbons (Fsp3) is 0.455. The van der Waals surface area contributed by atoms with E-state index in [1.54, 1.807) is 12.1 Å². The van der Waals surface area contributed by atoms with Crippen molar-refractivity contribution in [1.82, 2.24) is 0 Å². The molecule has 0 N–H and O–H groups in total. The summed E-state index contributed by atoms with van der Waals surface area (Å²) in [5.41, 5.74) is 2.74. The van der Waals surface area contributed by atoms with Gasteiger partial charge in [-0.3, -0.25) is 0 Å². The van der Waals surface area contributed by atoms with Gasteiger partial charge in [0.25, 0.3) is 0 Å². The summed E-state index contributed by atoms with van der Waals surface area (Å²) in [4.78, 5) is 0. The van der Waals surface area contributed by atoms with Crippen LogP contribution in [0.2, 0.25) is 0 Å². The molecule has 0 bridgehead atoms. The first-order valence-electron chi connectivity index (χ1n) is 9.56. The van der Waals surface area contributed by atoms with E-state index in [0.717, 1.165) is 36.8 Å². The maximum absolute atomic E-state index is 14.8. The van der Waals surface area contributed by atoms with Gasteiger partial charge in [-0.15, -0.1) is 0 Å². The third-order valence-electron chi connectivity index (χ3n) is 4.84. The zero-order valence-corrected chi connectivity index (χ0v) is 15.5. The molecule has 1 aliphatic rings. The van der Waals surface area contributed by atoms with Crippen LogP contribution in [0.5, 0.6) is 11.5 Å². The van der Waals surface area contributed by atoms with E-state index in [9.17, 15) is 8.78 Å². The first-order chi connectivity index (χ1) is 12.7. The van der Waals surface area contributed by atoms with Crippen LogP contribution in [0.3, 0.4) is 0 Å². The number of fused-ring (bicyclic) bond motifs is 3. The Bertz CT molecular complexity index is 706. The Morgan fingerprint density at radius 1 is 0.731 bits per heavy atom. The molecule has 0 atom stereocenters. The fourth-order valence-corrected chi connectivity index (χ4v) is 3.32. The van der Waals surface area contributed by atoms with Gasteiger partial charge >= 0.3 is 0 Å². The predicted molar refractivity (Wildman–Crippen MR) is 100 cm³/mol. The Labute approximate surface area is 154 Å². The molecule has 0 radical (unpaired) electrons. The number of ether oxygens (including phenoxy) is 2. The van der Waals surface area contributed by atoms with Crippen molar-refractivity contribution in [3.05, 3.63) is 47.0 Å². The number of benzene rings is 2. The van der Waals surface area contributed by atoms with Gasteiger partial charge in [0.15, 0.2) is 23.1 Å². The van der Waals surface area contributed by atoms with Gasteiger partial charge in [0.05, 0.1) is 13.2 Å². The monoisotopic (exact) mass is 360 g/mol. The van der Waals surface area contributed by atoms with Crippen molar-refractivity contribution in [2.45, 2.75) is 52.4 Å². The van der Waals surface area contributed by atoms with E-state index >= 15 is 0 Å². The molecule has 0 aliphatic heterocycles. The highest BCUT2D eigenvalue weighted by atomic mass is 19.1. The van der Waals surface area contributed by atoms with Crippen LogP contribution < -0.4 is 9.47 Å². The molecule has 0 heterocycles. The molecule has 2 nitrogen and oxygen atoms in total. The zero-order valence-electron chi connectivity index (χ0n) is 15.5. The lowest BCUT2D eigenvalue weighted by molar-refractivity contribution is 0.292. The largest absolute Gasteiger partial charge is 0.491 e. The van der Waals surface area contributed by atoms with Crippen LogP contribution in [0.4, 0.5) is 8.78 Å². The van der Waals surface area contributed by atoms with E-state index in [-0.39, 0.29) is 11.6 Å². The average molecular weight is 360 g/mol. The van der Waals surface area contributed by atoms with Crippen LogP contribution in [-0.2, 0) is 12.8 Å². The summed E-state index contributed by atoms with van der Waals surface area (Å²) >= 11 is 0. The van der Waals surface area contributed by atoms with E-state index in [2.05, 4.69) is 13.8 Å². The summed E-state index contributed by atoms with van der Waals surface area (Å²) < 4.78 is 40.8. The first-order valence-corrected chi connectivity index (χ1v) is 9.56. The molecule has 26 heavy (non-hydrogen) atoms. The Balaban J connectivity index is 1.89. The third kappa shape index (κ3) is 3.69. The van der Waals surface area contributed by atoms with Crippen molar-refractivity contribution in [3.63, 3.8) is 0 Å². The molecule has 2 aromatic carbocycles. The van der Waals surface area contributed by atoms with Gasteiger partial charge < -0.3 is 9.47 Å². The van der Waals surface area contributed by atoms with E-state index < -0.39 is 0 Å². The van der Waals surface area contributed by atoms with Crippen molar-refractivity contribution in [3.8, 4) is 22.6 Å². The van der Waals surface area contributed by atoms with Crippen LogP contribution in [0.25, 0.3) is 11.1 Å². The van der Waals surface area contributed by atoms with Gasteiger partial charge in [-0.05, 0) is 60.1 Å². The van der Waals surface area contributed by atoms with Crippen LogP contribution in [-0.4, -0.2) is 13.2 Å². The average Bonchev–Trinajstić information content (AvgIpc) is 2.65. The van der Waals surface area contributed by atoms with Gasteiger partial charge in [0, 0.05) is 0 Å². The molecule has 1 aliphatic carbocycles. The maximum Gasteiger partial charge on any atom is 0.168 e. The van der Waals surface area contributed by atoms with E-state index in [4.69, 9.17) is 9.47 Å². The summed E-state index contributed by atoms with van der Waals surface area (Å²) in [5, 5.41) is 0. The van der Waals surface area contributed by atoms with Crippen molar-refractivity contribution in [1.29, 1.82) is 0 Å². The number of halogens is 2. The lowest BCUT2D eigenvalue weighted by Crippen LogP contribution is -2.11. The molecule has 0 amide bonds. The highest BCUT2D eigenvalue weighted by Crippen LogP contribution is 2.40. The lowest BCUT2D eigenvalue weighted by Gasteiger charge is -2.23. The molecule has 4 heteroatoms. The predicted octanol–water partition coefficient (Wildman–Crippen LogP) is 6.09. The molecule has 0 spiro atoms. The molecule has 3 rings (SSSR count). The van der Waals surface area contributed by atoms with Crippen molar-refractivity contribution >= 4 is 0 Å². The van der Waals surface area contributed by atoms with Crippen molar-refractivity contribution in [2.75, 3.05) is 13.2 Å². The van der Waals surface area contributed by atoms with Crippen molar-refractivity contribution < 1.29 is 18.3 Å². The minimum absolute atomic E-state index is 0.292. The second kappa shape index (κ2) is 8.52. The minimum atomic E-state index is -0.312. The SMILES string of the molecule is CCCCOc1ccc2c(c1F)CCc1c-2ccc(OCCCC)c1F. The second-order valence-electron chi connectivity index (χ2n) is 6.71. The quantitative estimate of drug-likeness (QED) is 0.531. The summed E-state index contributed by atoms with van der Waals surface area (Å²) in [6.45, 7) is 5.16. The molecule has 0 aromatic heterocycles. The number of rotatable bonds is 8.